The van der Waals surface area contributed by atoms with Crippen molar-refractivity contribution in [3.63, 3.8) is 0 Å². The number of alkyl halides is 5. The minimum atomic E-state index is -4.79. The molecule has 1 rings (SSSR count). The van der Waals surface area contributed by atoms with Crippen molar-refractivity contribution in [3.8, 4) is 5.75 Å². The van der Waals surface area contributed by atoms with Crippen molar-refractivity contribution in [3.05, 3.63) is 22.7 Å². The van der Waals surface area contributed by atoms with Crippen LogP contribution < -0.4 is 10.5 Å². The number of nitrogen functional groups attached to an aromatic ring is 1. The summed E-state index contributed by atoms with van der Waals surface area (Å²) in [5.74, 6) is -0.691. The van der Waals surface area contributed by atoms with Crippen LogP contribution in [0.15, 0.2) is 12.1 Å². The van der Waals surface area contributed by atoms with E-state index in [0.29, 0.717) is 6.07 Å². The summed E-state index contributed by atoms with van der Waals surface area (Å²) in [5, 5.41) is -0.742. The van der Waals surface area contributed by atoms with Gasteiger partial charge in [0.15, 0.2) is 0 Å². The number of halogens is 6. The van der Waals surface area contributed by atoms with Gasteiger partial charge in [-0.25, -0.2) is 0 Å². The van der Waals surface area contributed by atoms with E-state index in [9.17, 15) is 22.0 Å². The topological polar surface area (TPSA) is 35.2 Å². The first-order valence-corrected chi connectivity index (χ1v) is 4.20. The van der Waals surface area contributed by atoms with Gasteiger partial charge in [-0.1, -0.05) is 11.6 Å². The normalized spacial score (nSPS) is 11.9. The summed E-state index contributed by atoms with van der Waals surface area (Å²) in [6, 6.07) is 1.16. The third kappa shape index (κ3) is 2.88. The fourth-order valence-electron chi connectivity index (χ4n) is 0.997. The van der Waals surface area contributed by atoms with Gasteiger partial charge in [-0.3, -0.25) is 0 Å². The van der Waals surface area contributed by atoms with Crippen molar-refractivity contribution in [2.75, 3.05) is 5.73 Å². The largest absolute Gasteiger partial charge is 0.435 e. The average Bonchev–Trinajstić information content (AvgIpc) is 2.08. The zero-order valence-electron chi connectivity index (χ0n) is 7.49. The Morgan fingerprint density at radius 1 is 1.25 bits per heavy atom. The lowest BCUT2D eigenvalue weighted by atomic mass is 10.2. The molecule has 0 spiro atoms. The molecule has 0 amide bonds. The van der Waals surface area contributed by atoms with Crippen LogP contribution in [0.3, 0.4) is 0 Å². The number of anilines is 1. The molecule has 0 radical (unpaired) electrons. The smallest absolute Gasteiger partial charge is 0.418 e. The van der Waals surface area contributed by atoms with Gasteiger partial charge in [0, 0.05) is 6.07 Å². The summed E-state index contributed by atoms with van der Waals surface area (Å²) >= 11 is 5.30. The van der Waals surface area contributed by atoms with Crippen LogP contribution in [0, 0.1) is 0 Å². The highest BCUT2D eigenvalue weighted by Gasteiger charge is 2.34. The van der Waals surface area contributed by atoms with Gasteiger partial charge >= 0.3 is 12.8 Å². The SMILES string of the molecule is Nc1cc(OC(F)F)cc(C(F)(F)F)c1Cl. The fraction of sp³-hybridized carbons (Fsp3) is 0.250. The lowest BCUT2D eigenvalue weighted by molar-refractivity contribution is -0.137. The van der Waals surface area contributed by atoms with Crippen LogP contribution in [0.25, 0.3) is 0 Å². The minimum Gasteiger partial charge on any atom is -0.435 e. The molecule has 8 heteroatoms. The standard InChI is InChI=1S/C8H5ClF5NO/c9-6-4(8(12,13)14)1-3(2-5(6)15)16-7(10)11/h1-2,7H,15H2. The molecule has 0 atom stereocenters. The Bertz CT molecular complexity index is 393. The van der Waals surface area contributed by atoms with Gasteiger partial charge < -0.3 is 10.5 Å². The van der Waals surface area contributed by atoms with Crippen LogP contribution in [0.1, 0.15) is 5.56 Å². The maximum absolute atomic E-state index is 12.4. The third-order valence-electron chi connectivity index (χ3n) is 1.60. The molecule has 0 fully saturated rings. The number of ether oxygens (including phenoxy) is 1. The van der Waals surface area contributed by atoms with E-state index in [0.717, 1.165) is 6.07 Å². The molecule has 0 unspecified atom stereocenters. The van der Waals surface area contributed by atoms with Gasteiger partial charge in [0.2, 0.25) is 0 Å². The lowest BCUT2D eigenvalue weighted by Gasteiger charge is -2.13. The maximum atomic E-state index is 12.4. The second-order valence-electron chi connectivity index (χ2n) is 2.75. The Balaban J connectivity index is 3.23. The highest BCUT2D eigenvalue weighted by molar-refractivity contribution is 6.34. The van der Waals surface area contributed by atoms with Gasteiger partial charge in [0.1, 0.15) is 5.75 Å². The first-order valence-electron chi connectivity index (χ1n) is 3.83. The van der Waals surface area contributed by atoms with Crippen molar-refractivity contribution in [2.45, 2.75) is 12.8 Å². The second kappa shape index (κ2) is 4.32. The molecule has 90 valence electrons. The molecule has 2 N–H and O–H groups in total. The van der Waals surface area contributed by atoms with Gasteiger partial charge in [-0.05, 0) is 6.07 Å². The molecule has 0 saturated heterocycles. The van der Waals surface area contributed by atoms with E-state index in [1.807, 2.05) is 0 Å². The molecule has 0 aliphatic rings. The van der Waals surface area contributed by atoms with Gasteiger partial charge in [0.05, 0.1) is 16.3 Å². The monoisotopic (exact) mass is 261 g/mol. The van der Waals surface area contributed by atoms with E-state index in [1.54, 1.807) is 0 Å². The van der Waals surface area contributed by atoms with Crippen LogP contribution in [0.5, 0.6) is 5.75 Å². The molecule has 0 saturated carbocycles. The molecule has 0 aromatic heterocycles. The maximum Gasteiger partial charge on any atom is 0.418 e. The highest BCUT2D eigenvalue weighted by Crippen LogP contribution is 2.40. The number of benzene rings is 1. The average molecular weight is 262 g/mol. The number of nitrogens with two attached hydrogens (primary N) is 1. The summed E-state index contributed by atoms with van der Waals surface area (Å²) in [7, 11) is 0. The van der Waals surface area contributed by atoms with E-state index >= 15 is 0 Å². The van der Waals surface area contributed by atoms with Crippen molar-refractivity contribution < 1.29 is 26.7 Å². The van der Waals surface area contributed by atoms with E-state index < -0.39 is 34.8 Å². The molecular formula is C8H5ClF5NO. The Morgan fingerprint density at radius 2 is 1.81 bits per heavy atom. The summed E-state index contributed by atoms with van der Waals surface area (Å²) < 4.78 is 64.5. The zero-order valence-corrected chi connectivity index (χ0v) is 8.24. The zero-order chi connectivity index (χ0) is 12.5. The van der Waals surface area contributed by atoms with Gasteiger partial charge in [-0.15, -0.1) is 0 Å². The van der Waals surface area contributed by atoms with Crippen LogP contribution in [-0.2, 0) is 6.18 Å². The third-order valence-corrected chi connectivity index (χ3v) is 2.03. The Morgan fingerprint density at radius 3 is 2.25 bits per heavy atom. The van der Waals surface area contributed by atoms with E-state index in [-0.39, 0.29) is 0 Å². The van der Waals surface area contributed by atoms with E-state index in [2.05, 4.69) is 4.74 Å². The van der Waals surface area contributed by atoms with Crippen molar-refractivity contribution >= 4 is 17.3 Å². The number of rotatable bonds is 2. The first kappa shape index (κ1) is 12.8. The quantitative estimate of drug-likeness (QED) is 0.653. The van der Waals surface area contributed by atoms with Crippen LogP contribution >= 0.6 is 11.6 Å². The lowest BCUT2D eigenvalue weighted by Crippen LogP contribution is -2.09. The molecule has 0 bridgehead atoms. The molecule has 0 aliphatic heterocycles. The molecule has 0 aliphatic carbocycles. The minimum absolute atomic E-state index is 0.366. The van der Waals surface area contributed by atoms with Crippen molar-refractivity contribution in [1.82, 2.24) is 0 Å². The molecule has 2 nitrogen and oxygen atoms in total. The fourth-order valence-corrected chi connectivity index (χ4v) is 1.21. The van der Waals surface area contributed by atoms with Gasteiger partial charge in [-0.2, -0.15) is 22.0 Å². The van der Waals surface area contributed by atoms with E-state index in [1.165, 1.54) is 0 Å². The van der Waals surface area contributed by atoms with Crippen molar-refractivity contribution in [2.24, 2.45) is 0 Å². The van der Waals surface area contributed by atoms with Crippen LogP contribution in [-0.4, -0.2) is 6.61 Å². The first-order chi connectivity index (χ1) is 7.21. The van der Waals surface area contributed by atoms with Crippen LogP contribution in [0.4, 0.5) is 27.6 Å². The second-order valence-corrected chi connectivity index (χ2v) is 3.13. The highest BCUT2D eigenvalue weighted by atomic mass is 35.5. The van der Waals surface area contributed by atoms with E-state index in [4.69, 9.17) is 17.3 Å². The molecule has 16 heavy (non-hydrogen) atoms. The number of hydrogen-bond acceptors (Lipinski definition) is 2. The van der Waals surface area contributed by atoms with Crippen molar-refractivity contribution in [1.29, 1.82) is 0 Å². The predicted molar refractivity (Wildman–Crippen MR) is 47.5 cm³/mol. The molecular weight excluding hydrogens is 257 g/mol. The Labute approximate surface area is 91.7 Å². The summed E-state index contributed by atoms with van der Waals surface area (Å²) in [4.78, 5) is 0. The Hall–Kier alpha value is -1.24. The predicted octanol–water partition coefficient (Wildman–Crippen LogP) is 3.54. The molecule has 1 aromatic rings. The van der Waals surface area contributed by atoms with Crippen LogP contribution in [0.2, 0.25) is 5.02 Å². The molecule has 0 heterocycles. The molecule has 1 aromatic carbocycles. The van der Waals surface area contributed by atoms with Gasteiger partial charge in [0.25, 0.3) is 0 Å². The Kier molecular flexibility index (Phi) is 3.47. The number of hydrogen-bond donors (Lipinski definition) is 1. The summed E-state index contributed by atoms with van der Waals surface area (Å²) in [6.45, 7) is -3.23. The summed E-state index contributed by atoms with van der Waals surface area (Å²) in [5.41, 5.74) is 3.34. The summed E-state index contributed by atoms with van der Waals surface area (Å²) in [6.07, 6.45) is -4.79.